The van der Waals surface area contributed by atoms with E-state index in [-0.39, 0.29) is 0 Å². The van der Waals surface area contributed by atoms with Gasteiger partial charge in [-0.15, -0.1) is 0 Å². The van der Waals surface area contributed by atoms with Gasteiger partial charge in [-0.2, -0.15) is 13.2 Å². The number of hydrogen-bond donors (Lipinski definition) is 1. The largest absolute Gasteiger partial charge is 0.432 e. The van der Waals surface area contributed by atoms with Crippen LogP contribution in [0.25, 0.3) is 0 Å². The first-order valence-electron chi connectivity index (χ1n) is 3.85. The second-order valence-electron chi connectivity index (χ2n) is 2.96. The number of oxime groups is 1. The SMILES string of the molecule is ON=C(C1CCCC1)C(F)(F)F. The van der Waals surface area contributed by atoms with Crippen LogP contribution in [0.4, 0.5) is 13.2 Å². The molecule has 70 valence electrons. The highest BCUT2D eigenvalue weighted by Gasteiger charge is 2.42. The Morgan fingerprint density at radius 1 is 1.25 bits per heavy atom. The van der Waals surface area contributed by atoms with E-state index in [2.05, 4.69) is 5.16 Å². The predicted molar refractivity (Wildman–Crippen MR) is 37.2 cm³/mol. The van der Waals surface area contributed by atoms with E-state index < -0.39 is 17.8 Å². The van der Waals surface area contributed by atoms with Gasteiger partial charge in [-0.3, -0.25) is 0 Å². The average molecular weight is 181 g/mol. The van der Waals surface area contributed by atoms with Gasteiger partial charge in [0.2, 0.25) is 0 Å². The summed E-state index contributed by atoms with van der Waals surface area (Å²) in [5.41, 5.74) is -1.01. The molecule has 1 fully saturated rings. The molecule has 1 saturated carbocycles. The van der Waals surface area contributed by atoms with Crippen LogP contribution in [0.15, 0.2) is 5.16 Å². The van der Waals surface area contributed by atoms with Crippen molar-refractivity contribution in [3.8, 4) is 0 Å². The Bertz CT molecular complexity index is 182. The Kier molecular flexibility index (Phi) is 2.59. The molecule has 1 rings (SSSR count). The Morgan fingerprint density at radius 3 is 2.08 bits per heavy atom. The fraction of sp³-hybridized carbons (Fsp3) is 0.857. The lowest BCUT2D eigenvalue weighted by Crippen LogP contribution is -2.29. The van der Waals surface area contributed by atoms with Gasteiger partial charge in [0.05, 0.1) is 0 Å². The third kappa shape index (κ3) is 1.89. The van der Waals surface area contributed by atoms with Gasteiger partial charge in [0, 0.05) is 5.92 Å². The van der Waals surface area contributed by atoms with Gasteiger partial charge in [-0.1, -0.05) is 18.0 Å². The molecule has 5 heteroatoms. The van der Waals surface area contributed by atoms with E-state index in [1.807, 2.05) is 0 Å². The fourth-order valence-electron chi connectivity index (χ4n) is 1.57. The number of halogens is 3. The molecule has 1 aliphatic carbocycles. The molecular weight excluding hydrogens is 171 g/mol. The second kappa shape index (κ2) is 3.33. The van der Waals surface area contributed by atoms with Gasteiger partial charge < -0.3 is 5.21 Å². The van der Waals surface area contributed by atoms with Crippen molar-refractivity contribution in [1.29, 1.82) is 0 Å². The molecule has 0 aromatic rings. The summed E-state index contributed by atoms with van der Waals surface area (Å²) in [4.78, 5) is 0. The third-order valence-corrected chi connectivity index (χ3v) is 2.14. The van der Waals surface area contributed by atoms with Crippen LogP contribution in [-0.4, -0.2) is 17.1 Å². The van der Waals surface area contributed by atoms with Crippen LogP contribution in [0.3, 0.4) is 0 Å². The van der Waals surface area contributed by atoms with Crippen molar-refractivity contribution in [2.45, 2.75) is 31.9 Å². The number of nitrogens with zero attached hydrogens (tertiary/aromatic N) is 1. The molecule has 0 bridgehead atoms. The van der Waals surface area contributed by atoms with Crippen molar-refractivity contribution in [3.05, 3.63) is 0 Å². The second-order valence-corrected chi connectivity index (χ2v) is 2.96. The lowest BCUT2D eigenvalue weighted by molar-refractivity contribution is -0.0651. The van der Waals surface area contributed by atoms with Crippen molar-refractivity contribution < 1.29 is 18.4 Å². The van der Waals surface area contributed by atoms with Crippen molar-refractivity contribution in [3.63, 3.8) is 0 Å². The lowest BCUT2D eigenvalue weighted by atomic mass is 10.0. The van der Waals surface area contributed by atoms with E-state index >= 15 is 0 Å². The molecular formula is C7H10F3NO. The van der Waals surface area contributed by atoms with Crippen LogP contribution < -0.4 is 0 Å². The Hall–Kier alpha value is -0.740. The van der Waals surface area contributed by atoms with E-state index in [1.165, 1.54) is 0 Å². The smallest absolute Gasteiger partial charge is 0.411 e. The molecule has 0 heterocycles. The summed E-state index contributed by atoms with van der Waals surface area (Å²) in [5, 5.41) is 10.5. The van der Waals surface area contributed by atoms with E-state index in [4.69, 9.17) is 5.21 Å². The Labute approximate surface area is 68.1 Å². The van der Waals surface area contributed by atoms with E-state index in [9.17, 15) is 13.2 Å². The highest BCUT2D eigenvalue weighted by atomic mass is 19.4. The first-order valence-corrected chi connectivity index (χ1v) is 3.85. The van der Waals surface area contributed by atoms with Crippen LogP contribution >= 0.6 is 0 Å². The van der Waals surface area contributed by atoms with Crippen molar-refractivity contribution in [2.75, 3.05) is 0 Å². The maximum atomic E-state index is 12.1. The van der Waals surface area contributed by atoms with Crippen LogP contribution in [0.1, 0.15) is 25.7 Å². The Morgan fingerprint density at radius 2 is 1.75 bits per heavy atom. The maximum absolute atomic E-state index is 12.1. The predicted octanol–water partition coefficient (Wildman–Crippen LogP) is 2.57. The summed E-state index contributed by atoms with van der Waals surface area (Å²) >= 11 is 0. The molecule has 0 aromatic heterocycles. The zero-order valence-corrected chi connectivity index (χ0v) is 6.43. The first kappa shape index (κ1) is 9.35. The molecule has 12 heavy (non-hydrogen) atoms. The van der Waals surface area contributed by atoms with Gasteiger partial charge in [0.25, 0.3) is 0 Å². The van der Waals surface area contributed by atoms with Crippen LogP contribution in [-0.2, 0) is 0 Å². The molecule has 2 nitrogen and oxygen atoms in total. The standard InChI is InChI=1S/C7H10F3NO/c8-7(9,10)6(11-12)5-3-1-2-4-5/h5,12H,1-4H2. The van der Waals surface area contributed by atoms with Gasteiger partial charge in [0.1, 0.15) is 0 Å². The number of rotatable bonds is 1. The molecule has 0 spiro atoms. The molecule has 0 radical (unpaired) electrons. The topological polar surface area (TPSA) is 32.6 Å². The third-order valence-electron chi connectivity index (χ3n) is 2.14. The minimum Gasteiger partial charge on any atom is -0.411 e. The van der Waals surface area contributed by atoms with Crippen molar-refractivity contribution >= 4 is 5.71 Å². The van der Waals surface area contributed by atoms with Crippen LogP contribution in [0.5, 0.6) is 0 Å². The molecule has 0 amide bonds. The highest BCUT2D eigenvalue weighted by molar-refractivity contribution is 5.91. The minimum absolute atomic E-state index is 0.485. The van der Waals surface area contributed by atoms with E-state index in [0.717, 1.165) is 12.8 Å². The van der Waals surface area contributed by atoms with E-state index in [0.29, 0.717) is 12.8 Å². The lowest BCUT2D eigenvalue weighted by Gasteiger charge is -2.13. The average Bonchev–Trinajstić information content (AvgIpc) is 2.38. The molecule has 0 aliphatic heterocycles. The van der Waals surface area contributed by atoms with Crippen LogP contribution in [0, 0.1) is 5.92 Å². The van der Waals surface area contributed by atoms with Crippen molar-refractivity contribution in [2.24, 2.45) is 11.1 Å². The summed E-state index contributed by atoms with van der Waals surface area (Å²) in [6, 6.07) is 0. The Balaban J connectivity index is 2.69. The van der Waals surface area contributed by atoms with E-state index in [1.54, 1.807) is 0 Å². The fourth-order valence-corrected chi connectivity index (χ4v) is 1.57. The molecule has 0 unspecified atom stereocenters. The van der Waals surface area contributed by atoms with Crippen LogP contribution in [0.2, 0.25) is 0 Å². The first-order chi connectivity index (χ1) is 5.55. The number of hydrogen-bond acceptors (Lipinski definition) is 2. The minimum atomic E-state index is -4.47. The van der Waals surface area contributed by atoms with Crippen molar-refractivity contribution in [1.82, 2.24) is 0 Å². The van der Waals surface area contributed by atoms with Gasteiger partial charge in [0.15, 0.2) is 5.71 Å². The monoisotopic (exact) mass is 181 g/mol. The normalized spacial score (nSPS) is 21.8. The zero-order chi connectivity index (χ0) is 9.19. The van der Waals surface area contributed by atoms with Gasteiger partial charge in [-0.05, 0) is 12.8 Å². The molecule has 0 saturated heterocycles. The quantitative estimate of drug-likeness (QED) is 0.376. The maximum Gasteiger partial charge on any atom is 0.432 e. The molecule has 0 atom stereocenters. The van der Waals surface area contributed by atoms with Gasteiger partial charge in [-0.25, -0.2) is 0 Å². The molecule has 1 aliphatic rings. The highest BCUT2D eigenvalue weighted by Crippen LogP contribution is 2.32. The molecule has 1 N–H and O–H groups in total. The summed E-state index contributed by atoms with van der Waals surface area (Å²) in [5.74, 6) is -0.588. The summed E-state index contributed by atoms with van der Waals surface area (Å²) in [6.45, 7) is 0. The summed E-state index contributed by atoms with van der Waals surface area (Å²) < 4.78 is 36.2. The summed E-state index contributed by atoms with van der Waals surface area (Å²) in [7, 11) is 0. The number of alkyl halides is 3. The van der Waals surface area contributed by atoms with Gasteiger partial charge >= 0.3 is 6.18 Å². The summed E-state index contributed by atoms with van der Waals surface area (Å²) in [6.07, 6.45) is -1.92. The molecule has 0 aromatic carbocycles. The zero-order valence-electron chi connectivity index (χ0n) is 6.43.